The Hall–Kier alpha value is -1.18. The van der Waals surface area contributed by atoms with Crippen LogP contribution >= 0.6 is 0 Å². The highest BCUT2D eigenvalue weighted by Crippen LogP contribution is 2.64. The molecule has 0 bridgehead atoms. The number of allylic oxidation sites excluding steroid dienone is 2. The summed E-state index contributed by atoms with van der Waals surface area (Å²) < 4.78 is 12.8. The average Bonchev–Trinajstić information content (AvgIpc) is 2.78. The molecule has 17 heavy (non-hydrogen) atoms. The van der Waals surface area contributed by atoms with Crippen LogP contribution in [0.5, 0.6) is 0 Å². The Bertz CT molecular complexity index is 467. The van der Waals surface area contributed by atoms with E-state index in [1.807, 2.05) is 0 Å². The van der Waals surface area contributed by atoms with Crippen LogP contribution in [-0.4, -0.2) is 4.98 Å². The molecule has 2 aliphatic carbocycles. The number of aromatic nitrogens is 1. The van der Waals surface area contributed by atoms with Crippen molar-refractivity contribution in [3.63, 3.8) is 0 Å². The fourth-order valence-electron chi connectivity index (χ4n) is 3.42. The van der Waals surface area contributed by atoms with Crippen LogP contribution in [-0.2, 0) is 0 Å². The maximum atomic E-state index is 12.8. The van der Waals surface area contributed by atoms with E-state index in [-0.39, 0.29) is 5.82 Å². The molecule has 2 heteroatoms. The Morgan fingerprint density at radius 2 is 2.06 bits per heavy atom. The van der Waals surface area contributed by atoms with Gasteiger partial charge in [0, 0.05) is 0 Å². The Balaban J connectivity index is 1.78. The minimum atomic E-state index is -0.259. The van der Waals surface area contributed by atoms with E-state index < -0.39 is 0 Å². The van der Waals surface area contributed by atoms with Crippen molar-refractivity contribution in [3.8, 4) is 0 Å². The molecule has 0 radical (unpaired) electrons. The highest BCUT2D eigenvalue weighted by molar-refractivity contribution is 5.67. The third-order valence-electron chi connectivity index (χ3n) is 4.14. The van der Waals surface area contributed by atoms with Crippen molar-refractivity contribution in [1.29, 1.82) is 0 Å². The van der Waals surface area contributed by atoms with Gasteiger partial charge in [0.1, 0.15) is 5.82 Å². The molecule has 1 aromatic heterocycles. The first-order valence-corrected chi connectivity index (χ1v) is 6.29. The van der Waals surface area contributed by atoms with Gasteiger partial charge in [0.05, 0.1) is 11.9 Å². The molecule has 90 valence electrons. The number of hydrogen-bond acceptors (Lipinski definition) is 1. The lowest BCUT2D eigenvalue weighted by atomic mass is 9.85. The Morgan fingerprint density at radius 1 is 1.29 bits per heavy atom. The molecule has 3 unspecified atom stereocenters. The van der Waals surface area contributed by atoms with Crippen molar-refractivity contribution in [2.24, 2.45) is 23.2 Å². The number of fused-ring (bicyclic) bond motifs is 1. The number of hydrogen-bond donors (Lipinski definition) is 0. The molecule has 0 saturated heterocycles. The Kier molecular flexibility index (Phi) is 2.19. The Morgan fingerprint density at radius 3 is 2.53 bits per heavy atom. The van der Waals surface area contributed by atoms with Crippen LogP contribution in [0.3, 0.4) is 0 Å². The zero-order chi connectivity index (χ0) is 12.2. The van der Waals surface area contributed by atoms with Gasteiger partial charge in [-0.1, -0.05) is 26.8 Å². The average molecular weight is 231 g/mol. The normalized spacial score (nSPS) is 31.1. The summed E-state index contributed by atoms with van der Waals surface area (Å²) in [5, 5.41) is 0. The predicted molar refractivity (Wildman–Crippen MR) is 66.7 cm³/mol. The fraction of sp³-hybridized carbons (Fsp3) is 0.533. The summed E-state index contributed by atoms with van der Waals surface area (Å²) in [7, 11) is 0. The van der Waals surface area contributed by atoms with Gasteiger partial charge in [-0.05, 0) is 47.3 Å². The summed E-state index contributed by atoms with van der Waals surface area (Å²) in [6, 6.07) is 3.28. The molecule has 0 spiro atoms. The van der Waals surface area contributed by atoms with E-state index >= 15 is 0 Å². The molecule has 1 nitrogen and oxygen atoms in total. The molecule has 0 aromatic carbocycles. The second-order valence-electron chi connectivity index (χ2n) is 6.39. The van der Waals surface area contributed by atoms with Crippen molar-refractivity contribution in [2.75, 3.05) is 0 Å². The first-order valence-electron chi connectivity index (χ1n) is 6.29. The molecule has 3 rings (SSSR count). The first-order chi connectivity index (χ1) is 7.97. The van der Waals surface area contributed by atoms with E-state index in [0.29, 0.717) is 5.41 Å². The molecule has 3 atom stereocenters. The molecular weight excluding hydrogens is 213 g/mol. The number of rotatable bonds is 1. The van der Waals surface area contributed by atoms with Gasteiger partial charge in [-0.25, -0.2) is 4.39 Å². The van der Waals surface area contributed by atoms with Gasteiger partial charge in [-0.2, -0.15) is 0 Å². The van der Waals surface area contributed by atoms with E-state index in [2.05, 4.69) is 31.8 Å². The van der Waals surface area contributed by atoms with Gasteiger partial charge in [0.15, 0.2) is 0 Å². The summed E-state index contributed by atoms with van der Waals surface area (Å²) in [6.07, 6.45) is 4.79. The second kappa shape index (κ2) is 3.41. The maximum absolute atomic E-state index is 12.8. The zero-order valence-corrected chi connectivity index (χ0v) is 10.6. The quantitative estimate of drug-likeness (QED) is 0.714. The molecule has 2 aliphatic rings. The first kappa shape index (κ1) is 10.9. The monoisotopic (exact) mass is 231 g/mol. The van der Waals surface area contributed by atoms with Crippen molar-refractivity contribution in [3.05, 3.63) is 35.9 Å². The highest BCUT2D eigenvalue weighted by Gasteiger charge is 2.57. The van der Waals surface area contributed by atoms with Crippen molar-refractivity contribution in [1.82, 2.24) is 4.98 Å². The molecule has 1 heterocycles. The predicted octanol–water partition coefficient (Wildman–Crippen LogP) is 3.92. The van der Waals surface area contributed by atoms with E-state index in [4.69, 9.17) is 0 Å². The molecule has 0 aliphatic heterocycles. The lowest BCUT2D eigenvalue weighted by Gasteiger charge is -2.20. The zero-order valence-electron chi connectivity index (χ0n) is 10.6. The maximum Gasteiger partial charge on any atom is 0.141 e. The minimum absolute atomic E-state index is 0.259. The van der Waals surface area contributed by atoms with E-state index in [0.717, 1.165) is 29.9 Å². The number of nitrogens with zero attached hydrogens (tertiary/aromatic N) is 1. The lowest BCUT2D eigenvalue weighted by molar-refractivity contribution is 0.322. The summed E-state index contributed by atoms with van der Waals surface area (Å²) in [6.45, 7) is 6.96. The fourth-order valence-corrected chi connectivity index (χ4v) is 3.42. The van der Waals surface area contributed by atoms with Gasteiger partial charge < -0.3 is 0 Å². The van der Waals surface area contributed by atoms with Gasteiger partial charge in [0.2, 0.25) is 0 Å². The van der Waals surface area contributed by atoms with Crippen LogP contribution in [0.15, 0.2) is 24.4 Å². The van der Waals surface area contributed by atoms with Crippen LogP contribution in [0.4, 0.5) is 4.39 Å². The molecule has 1 saturated carbocycles. The van der Waals surface area contributed by atoms with Crippen LogP contribution < -0.4 is 0 Å². The summed E-state index contributed by atoms with van der Waals surface area (Å²) in [4.78, 5) is 4.16. The molecule has 0 N–H and O–H groups in total. The topological polar surface area (TPSA) is 12.9 Å². The van der Waals surface area contributed by atoms with Gasteiger partial charge in [-0.3, -0.25) is 4.98 Å². The van der Waals surface area contributed by atoms with Crippen LogP contribution in [0.25, 0.3) is 5.57 Å². The van der Waals surface area contributed by atoms with Crippen LogP contribution in [0.2, 0.25) is 0 Å². The third-order valence-corrected chi connectivity index (χ3v) is 4.14. The minimum Gasteiger partial charge on any atom is -0.254 e. The van der Waals surface area contributed by atoms with Gasteiger partial charge >= 0.3 is 0 Å². The van der Waals surface area contributed by atoms with Crippen molar-refractivity contribution in [2.45, 2.75) is 27.2 Å². The molecular formula is C15H18FN. The third kappa shape index (κ3) is 1.80. The largest absolute Gasteiger partial charge is 0.254 e. The second-order valence-corrected chi connectivity index (χ2v) is 6.39. The van der Waals surface area contributed by atoms with E-state index in [1.165, 1.54) is 17.8 Å². The summed E-state index contributed by atoms with van der Waals surface area (Å²) in [5.41, 5.74) is 2.67. The number of halogens is 1. The van der Waals surface area contributed by atoms with Crippen LogP contribution in [0.1, 0.15) is 32.9 Å². The van der Waals surface area contributed by atoms with E-state index in [9.17, 15) is 4.39 Å². The molecule has 1 aromatic rings. The standard InChI is InChI=1S/C15H18FN/c1-15(2,3)14-11-6-9(7-12(11)14)13-5-4-10(16)8-17-13/h4-6,8,11-12,14H,7H2,1-3H3. The van der Waals surface area contributed by atoms with Gasteiger partial charge in [0.25, 0.3) is 0 Å². The van der Waals surface area contributed by atoms with Crippen molar-refractivity contribution >= 4 is 5.57 Å². The SMILES string of the molecule is CC(C)(C)C1C2C=C(c3ccc(F)cn3)CC21. The van der Waals surface area contributed by atoms with Crippen molar-refractivity contribution < 1.29 is 4.39 Å². The Labute approximate surface area is 102 Å². The highest BCUT2D eigenvalue weighted by atomic mass is 19.1. The molecule has 1 fully saturated rings. The van der Waals surface area contributed by atoms with E-state index in [1.54, 1.807) is 6.07 Å². The number of pyridine rings is 1. The van der Waals surface area contributed by atoms with Gasteiger partial charge in [-0.15, -0.1) is 0 Å². The smallest absolute Gasteiger partial charge is 0.141 e. The summed E-state index contributed by atoms with van der Waals surface area (Å²) in [5.74, 6) is 2.10. The lowest BCUT2D eigenvalue weighted by Crippen LogP contribution is -2.11. The summed E-state index contributed by atoms with van der Waals surface area (Å²) >= 11 is 0. The molecule has 0 amide bonds. The van der Waals surface area contributed by atoms with Crippen LogP contribution in [0, 0.1) is 29.0 Å².